The molecule has 1 saturated heterocycles. The molecule has 1 aromatic carbocycles. The van der Waals surface area contributed by atoms with E-state index in [2.05, 4.69) is 53.7 Å². The summed E-state index contributed by atoms with van der Waals surface area (Å²) >= 11 is 0. The minimum atomic E-state index is -0.0441. The lowest BCUT2D eigenvalue weighted by atomic mass is 9.80. The fourth-order valence-corrected chi connectivity index (χ4v) is 3.09. The third-order valence-electron chi connectivity index (χ3n) is 4.90. The van der Waals surface area contributed by atoms with Gasteiger partial charge in [-0.05, 0) is 40.9 Å². The summed E-state index contributed by atoms with van der Waals surface area (Å²) in [7, 11) is 0. The molecule has 2 rings (SSSR count). The van der Waals surface area contributed by atoms with Gasteiger partial charge in [-0.1, -0.05) is 53.7 Å². The summed E-state index contributed by atoms with van der Waals surface area (Å²) in [6.45, 7) is 14.7. The van der Waals surface area contributed by atoms with E-state index in [1.807, 2.05) is 11.0 Å². The van der Waals surface area contributed by atoms with Gasteiger partial charge in [-0.25, -0.2) is 0 Å². The zero-order valence-electron chi connectivity index (χ0n) is 16.7. The molecule has 0 radical (unpaired) electrons. The third kappa shape index (κ3) is 5.21. The van der Waals surface area contributed by atoms with Crippen molar-refractivity contribution in [3.8, 4) is 5.75 Å². The fourth-order valence-electron chi connectivity index (χ4n) is 3.09. The van der Waals surface area contributed by atoms with Crippen LogP contribution < -0.4 is 10.5 Å². The molecule has 0 atom stereocenters. The maximum Gasteiger partial charge on any atom is 0.260 e. The van der Waals surface area contributed by atoms with Crippen LogP contribution in [0.25, 0.3) is 0 Å². The Labute approximate surface area is 152 Å². The lowest BCUT2D eigenvalue weighted by molar-refractivity contribution is -0.134. The van der Waals surface area contributed by atoms with Gasteiger partial charge < -0.3 is 15.4 Å². The van der Waals surface area contributed by atoms with Gasteiger partial charge in [-0.3, -0.25) is 4.79 Å². The van der Waals surface area contributed by atoms with Gasteiger partial charge in [0.15, 0.2) is 6.61 Å². The molecule has 0 spiro atoms. The van der Waals surface area contributed by atoms with Crippen LogP contribution in [0.2, 0.25) is 0 Å². The highest BCUT2D eigenvalue weighted by Gasteiger charge is 2.25. The van der Waals surface area contributed by atoms with Crippen LogP contribution >= 0.6 is 0 Å². The number of ether oxygens (including phenoxy) is 1. The van der Waals surface area contributed by atoms with Crippen molar-refractivity contribution in [2.24, 2.45) is 5.73 Å². The van der Waals surface area contributed by atoms with E-state index in [0.717, 1.165) is 37.2 Å². The minimum absolute atomic E-state index is 0.0441. The van der Waals surface area contributed by atoms with E-state index in [-0.39, 0.29) is 29.4 Å². The van der Waals surface area contributed by atoms with Crippen LogP contribution in [0.15, 0.2) is 18.2 Å². The quantitative estimate of drug-likeness (QED) is 0.909. The van der Waals surface area contributed by atoms with E-state index in [1.165, 1.54) is 5.56 Å². The lowest BCUT2D eigenvalue weighted by Gasteiger charge is -2.31. The van der Waals surface area contributed by atoms with E-state index in [9.17, 15) is 4.79 Å². The molecule has 1 amide bonds. The molecule has 25 heavy (non-hydrogen) atoms. The van der Waals surface area contributed by atoms with Gasteiger partial charge in [0.1, 0.15) is 5.75 Å². The number of amides is 1. The number of nitrogens with two attached hydrogens (primary N) is 1. The smallest absolute Gasteiger partial charge is 0.260 e. The minimum Gasteiger partial charge on any atom is -0.483 e. The summed E-state index contributed by atoms with van der Waals surface area (Å²) < 4.78 is 5.95. The van der Waals surface area contributed by atoms with Crippen LogP contribution in [0.1, 0.15) is 65.5 Å². The van der Waals surface area contributed by atoms with Crippen LogP contribution in [0.3, 0.4) is 0 Å². The summed E-state index contributed by atoms with van der Waals surface area (Å²) in [4.78, 5) is 14.3. The van der Waals surface area contributed by atoms with Gasteiger partial charge in [0, 0.05) is 19.1 Å². The van der Waals surface area contributed by atoms with Crippen molar-refractivity contribution in [3.05, 3.63) is 29.3 Å². The van der Waals surface area contributed by atoms with Gasteiger partial charge in [0.25, 0.3) is 5.91 Å². The van der Waals surface area contributed by atoms with Crippen LogP contribution in [0.5, 0.6) is 5.75 Å². The Morgan fingerprint density at radius 3 is 2.24 bits per heavy atom. The van der Waals surface area contributed by atoms with E-state index < -0.39 is 0 Å². The van der Waals surface area contributed by atoms with Gasteiger partial charge in [0.05, 0.1) is 0 Å². The van der Waals surface area contributed by atoms with Gasteiger partial charge in [0.2, 0.25) is 0 Å². The molecule has 140 valence electrons. The summed E-state index contributed by atoms with van der Waals surface area (Å²) in [6, 6.07) is 6.57. The number of likely N-dealkylation sites (tertiary alicyclic amines) is 1. The molecule has 1 heterocycles. The summed E-state index contributed by atoms with van der Waals surface area (Å²) in [5, 5.41) is 0. The van der Waals surface area contributed by atoms with Gasteiger partial charge >= 0.3 is 0 Å². The molecule has 0 unspecified atom stereocenters. The number of hydrogen-bond acceptors (Lipinski definition) is 3. The highest BCUT2D eigenvalue weighted by Crippen LogP contribution is 2.35. The molecule has 0 saturated carbocycles. The van der Waals surface area contributed by atoms with Crippen LogP contribution in [0, 0.1) is 0 Å². The first-order chi connectivity index (χ1) is 11.5. The first kappa shape index (κ1) is 19.8. The first-order valence-corrected chi connectivity index (χ1v) is 9.29. The monoisotopic (exact) mass is 346 g/mol. The van der Waals surface area contributed by atoms with Crippen molar-refractivity contribution in [2.75, 3.05) is 19.7 Å². The van der Waals surface area contributed by atoms with Crippen molar-refractivity contribution >= 4 is 5.91 Å². The molecule has 1 aliphatic rings. The Balaban J connectivity index is 2.12. The Hall–Kier alpha value is -1.55. The van der Waals surface area contributed by atoms with Crippen molar-refractivity contribution in [1.29, 1.82) is 0 Å². The standard InChI is InChI=1S/C21H34N2O2/c1-20(2,3)15-7-8-18(17(13-15)21(4,5)6)25-14-19(24)23-11-9-16(22)10-12-23/h7-8,13,16H,9-12,14,22H2,1-6H3. The van der Waals surface area contributed by atoms with Crippen molar-refractivity contribution in [1.82, 2.24) is 4.90 Å². The summed E-state index contributed by atoms with van der Waals surface area (Å²) in [5.41, 5.74) is 8.38. The highest BCUT2D eigenvalue weighted by molar-refractivity contribution is 5.78. The van der Waals surface area contributed by atoms with Crippen LogP contribution in [-0.2, 0) is 15.6 Å². The molecule has 2 N–H and O–H groups in total. The molecule has 1 fully saturated rings. The maximum absolute atomic E-state index is 12.4. The molecule has 4 nitrogen and oxygen atoms in total. The topological polar surface area (TPSA) is 55.6 Å². The average Bonchev–Trinajstić information content (AvgIpc) is 2.51. The van der Waals surface area contributed by atoms with Crippen molar-refractivity contribution < 1.29 is 9.53 Å². The van der Waals surface area contributed by atoms with Crippen LogP contribution in [0.4, 0.5) is 0 Å². The Morgan fingerprint density at radius 1 is 1.12 bits per heavy atom. The van der Waals surface area contributed by atoms with Gasteiger partial charge in [-0.2, -0.15) is 0 Å². The second-order valence-corrected chi connectivity index (χ2v) is 9.22. The highest BCUT2D eigenvalue weighted by atomic mass is 16.5. The molecular weight excluding hydrogens is 312 g/mol. The fraction of sp³-hybridized carbons (Fsp3) is 0.667. The second kappa shape index (κ2) is 7.36. The third-order valence-corrected chi connectivity index (χ3v) is 4.90. The number of carbonyl (C=O) groups excluding carboxylic acids is 1. The molecule has 0 aromatic heterocycles. The number of piperidine rings is 1. The zero-order chi connectivity index (χ0) is 18.8. The number of carbonyl (C=O) groups is 1. The first-order valence-electron chi connectivity index (χ1n) is 9.29. The second-order valence-electron chi connectivity index (χ2n) is 9.22. The van der Waals surface area contributed by atoms with E-state index in [4.69, 9.17) is 10.5 Å². The SMILES string of the molecule is CC(C)(C)c1ccc(OCC(=O)N2CCC(N)CC2)c(C(C)(C)C)c1. The largest absolute Gasteiger partial charge is 0.483 e. The molecule has 0 aliphatic carbocycles. The summed E-state index contributed by atoms with van der Waals surface area (Å²) in [6.07, 6.45) is 1.75. The number of rotatable bonds is 3. The van der Waals surface area contributed by atoms with Crippen molar-refractivity contribution in [3.63, 3.8) is 0 Å². The Kier molecular flexibility index (Phi) is 5.82. The Bertz CT molecular complexity index is 603. The van der Waals surface area contributed by atoms with E-state index >= 15 is 0 Å². The number of hydrogen-bond donors (Lipinski definition) is 1. The molecule has 4 heteroatoms. The van der Waals surface area contributed by atoms with Crippen LogP contribution in [-0.4, -0.2) is 36.5 Å². The lowest BCUT2D eigenvalue weighted by Crippen LogP contribution is -2.44. The molecule has 1 aromatic rings. The number of nitrogens with zero attached hydrogens (tertiary/aromatic N) is 1. The normalized spacial score (nSPS) is 16.8. The van der Waals surface area contributed by atoms with E-state index in [0.29, 0.717) is 0 Å². The Morgan fingerprint density at radius 2 is 1.72 bits per heavy atom. The average molecular weight is 347 g/mol. The predicted octanol–water partition coefficient (Wildman–Crippen LogP) is 3.61. The van der Waals surface area contributed by atoms with E-state index in [1.54, 1.807) is 0 Å². The zero-order valence-corrected chi connectivity index (χ0v) is 16.7. The summed E-state index contributed by atoms with van der Waals surface area (Å²) in [5.74, 6) is 0.856. The van der Waals surface area contributed by atoms with Gasteiger partial charge in [-0.15, -0.1) is 0 Å². The molecule has 1 aliphatic heterocycles. The van der Waals surface area contributed by atoms with Crippen molar-refractivity contribution in [2.45, 2.75) is 71.3 Å². The molecule has 0 bridgehead atoms. The molecular formula is C21H34N2O2. The number of benzene rings is 1. The predicted molar refractivity (Wildman–Crippen MR) is 103 cm³/mol. The maximum atomic E-state index is 12.4.